The molecule has 3 aliphatic carbocycles. The average molecular weight is 561 g/mol. The molecule has 7 aliphatic rings. The molecule has 0 radical (unpaired) electrons. The number of nitrogens with one attached hydrogen (secondary N) is 1. The number of fused-ring (bicyclic) bond motifs is 2. The Kier molecular flexibility index (Phi) is 5.85. The molecule has 6 atom stereocenters. The van der Waals surface area contributed by atoms with Crippen LogP contribution in [0.4, 0.5) is 5.69 Å². The van der Waals surface area contributed by atoms with Crippen molar-refractivity contribution < 1.29 is 19.7 Å². The van der Waals surface area contributed by atoms with Crippen LogP contribution in [0.5, 0.6) is 11.5 Å². The van der Waals surface area contributed by atoms with E-state index in [1.807, 2.05) is 30.3 Å². The number of carbonyl (C=O) groups is 1. The van der Waals surface area contributed by atoms with Gasteiger partial charge in [0, 0.05) is 23.8 Å². The van der Waals surface area contributed by atoms with Gasteiger partial charge in [0.25, 0.3) is 0 Å². The van der Waals surface area contributed by atoms with Crippen molar-refractivity contribution in [3.05, 3.63) is 53.6 Å². The predicted octanol–water partition coefficient (Wildman–Crippen LogP) is 3.49. The van der Waals surface area contributed by atoms with Gasteiger partial charge in [0.15, 0.2) is 11.5 Å². The van der Waals surface area contributed by atoms with Gasteiger partial charge >= 0.3 is 0 Å². The summed E-state index contributed by atoms with van der Waals surface area (Å²) in [5.41, 5.74) is 0.907. The van der Waals surface area contributed by atoms with Crippen LogP contribution in [-0.4, -0.2) is 75.4 Å². The third-order valence-corrected chi connectivity index (χ3v) is 10.7. The van der Waals surface area contributed by atoms with Crippen molar-refractivity contribution in [1.29, 1.82) is 0 Å². The predicted molar refractivity (Wildman–Crippen MR) is 149 cm³/mol. The van der Waals surface area contributed by atoms with Crippen LogP contribution in [0.25, 0.3) is 0 Å². The number of nitrogens with zero attached hydrogens (tertiary/aromatic N) is 2. The van der Waals surface area contributed by atoms with Crippen LogP contribution < -0.4 is 10.1 Å². The average Bonchev–Trinajstić information content (AvgIpc) is 3.60. The van der Waals surface area contributed by atoms with Gasteiger partial charge in [-0.2, -0.15) is 0 Å². The van der Waals surface area contributed by atoms with E-state index in [1.54, 1.807) is 6.07 Å². The molecular weight excluding hydrogens is 525 g/mol. The van der Waals surface area contributed by atoms with Crippen molar-refractivity contribution >= 4 is 36.4 Å². The number of piperidine rings is 3. The number of aromatic hydroxyl groups is 1. The first-order valence-corrected chi connectivity index (χ1v) is 13.5. The molecule has 2 saturated carbocycles. The number of anilines is 1. The summed E-state index contributed by atoms with van der Waals surface area (Å²) in [5, 5.41) is 26.4. The minimum Gasteiger partial charge on any atom is -0.504 e. The molecule has 9 heteroatoms. The molecule has 1 amide bonds. The number of benzene rings is 2. The first kappa shape index (κ1) is 26.2. The standard InChI is InChI=1S/C29H33N3O4.2ClH/c1-31-24(25(34)30-19-5-3-2-4-6-19)28(35)11-12-29(31)21-15-18-9-10-20(33)23-22(18)27(29,26(28)36-23)13-14-32(21)16-17-7-8-17;;/h2-6,9-10,17,21,24,26,33,35H,7-8,11-16H2,1H3,(H,30,34);2*1H/t21-,24-,26-,27+,28-,29-;;/m1../s1. The second-order valence-electron chi connectivity index (χ2n) is 12.1. The highest BCUT2D eigenvalue weighted by Gasteiger charge is 2.83. The van der Waals surface area contributed by atoms with Crippen molar-refractivity contribution in [3.63, 3.8) is 0 Å². The Hall–Kier alpha value is -2.03. The number of aliphatic hydroxyl groups is 1. The Balaban J connectivity index is 0.00000132. The molecule has 4 aliphatic heterocycles. The van der Waals surface area contributed by atoms with Gasteiger partial charge < -0.3 is 20.3 Å². The van der Waals surface area contributed by atoms with Crippen LogP contribution in [0.15, 0.2) is 42.5 Å². The topological polar surface area (TPSA) is 85.3 Å². The van der Waals surface area contributed by atoms with Gasteiger partial charge in [-0.1, -0.05) is 24.3 Å². The molecule has 2 aromatic carbocycles. The van der Waals surface area contributed by atoms with Crippen LogP contribution in [0.2, 0.25) is 0 Å². The normalized spacial score (nSPS) is 37.9. The van der Waals surface area contributed by atoms with Gasteiger partial charge in [-0.25, -0.2) is 0 Å². The minimum atomic E-state index is -1.36. The van der Waals surface area contributed by atoms with Crippen LogP contribution in [0.3, 0.4) is 0 Å². The van der Waals surface area contributed by atoms with E-state index in [4.69, 9.17) is 4.74 Å². The minimum absolute atomic E-state index is 0. The van der Waals surface area contributed by atoms with Gasteiger partial charge in [0.05, 0.1) is 11.0 Å². The van der Waals surface area contributed by atoms with Crippen molar-refractivity contribution in [1.82, 2.24) is 9.80 Å². The number of hydrogen-bond donors (Lipinski definition) is 3. The molecule has 204 valence electrons. The maximum Gasteiger partial charge on any atom is 0.244 e. The van der Waals surface area contributed by atoms with Gasteiger partial charge in [0.1, 0.15) is 17.7 Å². The first-order chi connectivity index (χ1) is 17.4. The molecule has 0 aromatic heterocycles. The molecule has 9 rings (SSSR count). The molecular formula is C29H35Cl2N3O4. The Bertz CT molecular complexity index is 1290. The molecule has 5 fully saturated rings. The Labute approximate surface area is 235 Å². The number of likely N-dealkylation sites (tertiary alicyclic amines) is 1. The number of phenols is 1. The van der Waals surface area contributed by atoms with E-state index < -0.39 is 23.2 Å². The van der Waals surface area contributed by atoms with E-state index in [2.05, 4.69) is 28.2 Å². The van der Waals surface area contributed by atoms with E-state index in [0.717, 1.165) is 49.5 Å². The number of carbonyl (C=O) groups excluding carboxylic acids is 1. The summed E-state index contributed by atoms with van der Waals surface area (Å²) in [5.74, 6) is 1.26. The zero-order chi connectivity index (χ0) is 24.4. The van der Waals surface area contributed by atoms with Crippen LogP contribution >= 0.6 is 24.8 Å². The molecule has 2 spiro atoms. The van der Waals surface area contributed by atoms with E-state index >= 15 is 0 Å². The van der Waals surface area contributed by atoms with Crippen LogP contribution in [-0.2, 0) is 16.6 Å². The fourth-order valence-corrected chi connectivity index (χ4v) is 9.24. The number of ether oxygens (including phenoxy) is 1. The van der Waals surface area contributed by atoms with Crippen LogP contribution in [0.1, 0.15) is 43.2 Å². The third kappa shape index (κ3) is 2.95. The van der Waals surface area contributed by atoms with E-state index in [0.29, 0.717) is 12.2 Å². The largest absolute Gasteiger partial charge is 0.504 e. The first-order valence-electron chi connectivity index (χ1n) is 13.5. The lowest BCUT2D eigenvalue weighted by molar-refractivity contribution is -0.280. The Morgan fingerprint density at radius 1 is 1.11 bits per heavy atom. The zero-order valence-corrected chi connectivity index (χ0v) is 23.1. The summed E-state index contributed by atoms with van der Waals surface area (Å²) in [6.07, 6.45) is 5.12. The van der Waals surface area contributed by atoms with E-state index in [-0.39, 0.29) is 48.1 Å². The number of phenolic OH excluding ortho intramolecular Hbond substituents is 1. The number of amides is 1. The van der Waals surface area contributed by atoms with Gasteiger partial charge in [-0.05, 0) is 81.8 Å². The molecule has 7 nitrogen and oxygen atoms in total. The van der Waals surface area contributed by atoms with Crippen LogP contribution in [0, 0.1) is 5.92 Å². The Morgan fingerprint density at radius 3 is 2.61 bits per heavy atom. The lowest BCUT2D eigenvalue weighted by Gasteiger charge is -2.76. The SMILES string of the molecule is CN1[C@H](C(=O)Nc2ccccc2)[C@]2(O)CC[C@]13[C@H]1Cc4ccc(O)c5c4[C@@]3(CCN1CC1CC1)[C@H]2O5.Cl.Cl. The van der Waals surface area contributed by atoms with E-state index in [1.165, 1.54) is 18.4 Å². The fourth-order valence-electron chi connectivity index (χ4n) is 9.24. The highest BCUT2D eigenvalue weighted by atomic mass is 35.5. The van der Waals surface area contributed by atoms with Gasteiger partial charge in [0.2, 0.25) is 5.91 Å². The number of likely N-dealkylation sites (N-methyl/N-ethyl adjacent to an activating group) is 1. The Morgan fingerprint density at radius 2 is 1.87 bits per heavy atom. The number of para-hydroxylation sites is 1. The number of halogens is 2. The second-order valence-corrected chi connectivity index (χ2v) is 12.1. The molecule has 0 unspecified atom stereocenters. The highest BCUT2D eigenvalue weighted by molar-refractivity contribution is 5.96. The number of hydrogen-bond acceptors (Lipinski definition) is 6. The summed E-state index contributed by atoms with van der Waals surface area (Å²) in [4.78, 5) is 18.9. The van der Waals surface area contributed by atoms with Crippen molar-refractivity contribution in [2.45, 2.75) is 73.3 Å². The molecule has 4 heterocycles. The quantitative estimate of drug-likeness (QED) is 0.531. The van der Waals surface area contributed by atoms with Gasteiger partial charge in [-0.15, -0.1) is 24.8 Å². The third-order valence-electron chi connectivity index (χ3n) is 10.7. The monoisotopic (exact) mass is 559 g/mol. The van der Waals surface area contributed by atoms with Crippen molar-refractivity contribution in [3.8, 4) is 11.5 Å². The maximum absolute atomic E-state index is 13.9. The summed E-state index contributed by atoms with van der Waals surface area (Å²) >= 11 is 0. The van der Waals surface area contributed by atoms with Crippen molar-refractivity contribution in [2.24, 2.45) is 5.92 Å². The molecule has 38 heavy (non-hydrogen) atoms. The summed E-state index contributed by atoms with van der Waals surface area (Å²) in [7, 11) is 2.05. The lowest BCUT2D eigenvalue weighted by atomic mass is 9.41. The van der Waals surface area contributed by atoms with Gasteiger partial charge in [-0.3, -0.25) is 14.6 Å². The summed E-state index contributed by atoms with van der Waals surface area (Å²) in [6.45, 7) is 2.06. The smallest absolute Gasteiger partial charge is 0.244 e. The lowest BCUT2D eigenvalue weighted by Crippen LogP contribution is -2.92. The fraction of sp³-hybridized carbons (Fsp3) is 0.552. The van der Waals surface area contributed by atoms with Crippen molar-refractivity contribution in [2.75, 3.05) is 25.5 Å². The molecule has 4 bridgehead atoms. The zero-order valence-electron chi connectivity index (χ0n) is 21.4. The molecule has 3 saturated heterocycles. The maximum atomic E-state index is 13.9. The number of rotatable bonds is 4. The molecule has 3 N–H and O–H groups in total. The molecule has 2 aromatic rings. The second kappa shape index (κ2) is 8.48. The van der Waals surface area contributed by atoms with E-state index in [9.17, 15) is 15.0 Å². The summed E-state index contributed by atoms with van der Waals surface area (Å²) < 4.78 is 6.62. The summed E-state index contributed by atoms with van der Waals surface area (Å²) in [6, 6.07) is 12.8. The highest BCUT2D eigenvalue weighted by Crippen LogP contribution is 2.72.